The Hall–Kier alpha value is -3.96. The van der Waals surface area contributed by atoms with E-state index in [-0.39, 0.29) is 26.0 Å². The molecule has 0 aliphatic carbocycles. The zero-order valence-corrected chi connectivity index (χ0v) is 20.9. The van der Waals surface area contributed by atoms with Crippen LogP contribution >= 0.6 is 0 Å². The molecule has 3 amide bonds. The predicted octanol–water partition coefficient (Wildman–Crippen LogP) is 3.52. The summed E-state index contributed by atoms with van der Waals surface area (Å²) in [4.78, 5) is 45.3. The number of alkyl halides is 4. The molecule has 0 aromatic heterocycles. The highest BCUT2D eigenvalue weighted by molar-refractivity contribution is 6.21. The Bertz CT molecular complexity index is 1250. The highest BCUT2D eigenvalue weighted by Crippen LogP contribution is 2.39. The molecule has 12 heteroatoms. The molecule has 2 aliphatic heterocycles. The molecule has 4 rings (SSSR count). The Labute approximate surface area is 222 Å². The zero-order chi connectivity index (χ0) is 28.2. The number of carbonyl (C=O) groups excluding carboxylic acids is 3. The molecule has 2 aliphatic rings. The summed E-state index contributed by atoms with van der Waals surface area (Å²) in [6.45, 7) is -0.490. The van der Waals surface area contributed by atoms with Gasteiger partial charge in [0.2, 0.25) is 18.0 Å². The number of amides is 3. The molecule has 2 aromatic carbocycles. The summed E-state index contributed by atoms with van der Waals surface area (Å²) >= 11 is 0. The van der Waals surface area contributed by atoms with Crippen LogP contribution in [0.4, 0.5) is 23.2 Å². The van der Waals surface area contributed by atoms with E-state index in [9.17, 15) is 31.9 Å². The SMILES string of the molecule is NC(=O)[C@@H](CCCF)[C@@H](CCC(F)(F)F)C(=O)N[C@H]1N=C(c2ccccc2)c2cccc3c2N(CCO3)C1=O. The minimum Gasteiger partial charge on any atom is -0.490 e. The van der Waals surface area contributed by atoms with Crippen molar-refractivity contribution in [2.75, 3.05) is 24.7 Å². The van der Waals surface area contributed by atoms with Gasteiger partial charge in [-0.2, -0.15) is 13.2 Å². The largest absolute Gasteiger partial charge is 0.490 e. The van der Waals surface area contributed by atoms with Crippen LogP contribution < -0.4 is 20.7 Å². The van der Waals surface area contributed by atoms with Crippen molar-refractivity contribution in [2.45, 2.75) is 38.0 Å². The fourth-order valence-electron chi connectivity index (χ4n) is 4.92. The number of carbonyl (C=O) groups is 3. The lowest BCUT2D eigenvalue weighted by molar-refractivity contribution is -0.146. The zero-order valence-electron chi connectivity index (χ0n) is 20.9. The molecular weight excluding hydrogens is 520 g/mol. The molecule has 0 saturated carbocycles. The second-order valence-electron chi connectivity index (χ2n) is 9.35. The third-order valence-corrected chi connectivity index (χ3v) is 6.76. The number of hydrogen-bond acceptors (Lipinski definition) is 5. The maximum atomic E-state index is 13.7. The summed E-state index contributed by atoms with van der Waals surface area (Å²) in [5, 5.41) is 2.47. The van der Waals surface area contributed by atoms with Crippen molar-refractivity contribution in [3.05, 3.63) is 59.7 Å². The van der Waals surface area contributed by atoms with Gasteiger partial charge in [0.1, 0.15) is 12.4 Å². The second-order valence-corrected chi connectivity index (χ2v) is 9.35. The normalized spacial score (nSPS) is 18.3. The van der Waals surface area contributed by atoms with Gasteiger partial charge >= 0.3 is 6.18 Å². The minimum absolute atomic E-state index is 0.157. The van der Waals surface area contributed by atoms with Crippen molar-refractivity contribution in [2.24, 2.45) is 22.6 Å². The molecule has 2 aromatic rings. The van der Waals surface area contributed by atoms with Crippen LogP contribution in [0.25, 0.3) is 0 Å². The number of nitrogens with zero attached hydrogens (tertiary/aromatic N) is 2. The number of ether oxygens (including phenoxy) is 1. The van der Waals surface area contributed by atoms with Crippen LogP contribution in [0.2, 0.25) is 0 Å². The first kappa shape index (κ1) is 28.1. The van der Waals surface area contributed by atoms with Gasteiger partial charge < -0.3 is 20.7 Å². The summed E-state index contributed by atoms with van der Waals surface area (Å²) in [5.41, 5.74) is 7.48. The Balaban J connectivity index is 1.73. The lowest BCUT2D eigenvalue weighted by Gasteiger charge is -2.31. The molecule has 0 fully saturated rings. The number of rotatable bonds is 10. The third-order valence-electron chi connectivity index (χ3n) is 6.76. The van der Waals surface area contributed by atoms with E-state index in [1.807, 2.05) is 0 Å². The number of nitrogens with one attached hydrogen (secondary N) is 1. The molecule has 0 radical (unpaired) electrons. The van der Waals surface area contributed by atoms with E-state index in [4.69, 9.17) is 10.5 Å². The Morgan fingerprint density at radius 3 is 2.51 bits per heavy atom. The van der Waals surface area contributed by atoms with E-state index in [0.29, 0.717) is 28.3 Å². The van der Waals surface area contributed by atoms with Gasteiger partial charge in [-0.05, 0) is 25.3 Å². The first-order valence-electron chi connectivity index (χ1n) is 12.5. The fourth-order valence-corrected chi connectivity index (χ4v) is 4.92. The number of para-hydroxylation sites is 1. The van der Waals surface area contributed by atoms with Crippen LogP contribution in [-0.4, -0.2) is 55.6 Å². The lowest BCUT2D eigenvalue weighted by atomic mass is 9.83. The predicted molar refractivity (Wildman–Crippen MR) is 135 cm³/mol. The summed E-state index contributed by atoms with van der Waals surface area (Å²) in [6.07, 6.45) is -8.60. The van der Waals surface area contributed by atoms with Gasteiger partial charge in [0.05, 0.1) is 24.6 Å². The maximum absolute atomic E-state index is 13.7. The number of primary amides is 1. The van der Waals surface area contributed by atoms with Gasteiger partial charge in [0, 0.05) is 29.4 Å². The smallest absolute Gasteiger partial charge is 0.389 e. The fraction of sp³-hybridized carbons (Fsp3) is 0.407. The highest BCUT2D eigenvalue weighted by atomic mass is 19.4. The summed E-state index contributed by atoms with van der Waals surface area (Å²) < 4.78 is 57.9. The van der Waals surface area contributed by atoms with Crippen molar-refractivity contribution in [3.8, 4) is 5.75 Å². The molecule has 208 valence electrons. The van der Waals surface area contributed by atoms with Crippen LogP contribution in [0, 0.1) is 11.8 Å². The molecule has 39 heavy (non-hydrogen) atoms. The van der Waals surface area contributed by atoms with Gasteiger partial charge in [-0.15, -0.1) is 0 Å². The average molecular weight is 549 g/mol. The van der Waals surface area contributed by atoms with Crippen LogP contribution in [0.3, 0.4) is 0 Å². The van der Waals surface area contributed by atoms with Gasteiger partial charge in [0.15, 0.2) is 0 Å². The minimum atomic E-state index is -4.61. The molecule has 0 saturated heterocycles. The summed E-state index contributed by atoms with van der Waals surface area (Å²) in [7, 11) is 0. The van der Waals surface area contributed by atoms with Crippen LogP contribution in [0.1, 0.15) is 36.8 Å². The Morgan fingerprint density at radius 1 is 1.10 bits per heavy atom. The highest BCUT2D eigenvalue weighted by Gasteiger charge is 2.40. The van der Waals surface area contributed by atoms with Gasteiger partial charge in [-0.25, -0.2) is 4.99 Å². The second kappa shape index (κ2) is 11.8. The van der Waals surface area contributed by atoms with Crippen molar-refractivity contribution >= 4 is 29.1 Å². The molecule has 8 nitrogen and oxygen atoms in total. The number of halogens is 4. The standard InChI is InChI=1S/C27H28F4N4O4/c28-13-5-9-17(23(32)36)18(11-12-27(29,30)31)25(37)34-24-26(38)35-14-15-39-20-10-4-8-19(22(20)35)21(33-24)16-6-2-1-3-7-16/h1-4,6-8,10,17-18,24H,5,9,11-15H2,(H2,32,36)(H,34,37)/t17-,18+,24+/m0/s1. The van der Waals surface area contributed by atoms with Crippen LogP contribution in [0.15, 0.2) is 53.5 Å². The van der Waals surface area contributed by atoms with Gasteiger partial charge in [-0.1, -0.05) is 42.5 Å². The van der Waals surface area contributed by atoms with Crippen molar-refractivity contribution < 1.29 is 36.7 Å². The number of hydrogen-bond donors (Lipinski definition) is 2. The Kier molecular flexibility index (Phi) is 8.51. The molecular formula is C27H28F4N4O4. The Morgan fingerprint density at radius 2 is 1.85 bits per heavy atom. The van der Waals surface area contributed by atoms with Gasteiger partial charge in [-0.3, -0.25) is 18.8 Å². The van der Waals surface area contributed by atoms with Crippen molar-refractivity contribution in [3.63, 3.8) is 0 Å². The quantitative estimate of drug-likeness (QED) is 0.443. The molecule has 3 N–H and O–H groups in total. The topological polar surface area (TPSA) is 114 Å². The van der Waals surface area contributed by atoms with E-state index in [1.54, 1.807) is 48.5 Å². The van der Waals surface area contributed by atoms with Gasteiger partial charge in [0.25, 0.3) is 5.91 Å². The van der Waals surface area contributed by atoms with Crippen molar-refractivity contribution in [1.82, 2.24) is 5.32 Å². The summed E-state index contributed by atoms with van der Waals surface area (Å²) in [6, 6.07) is 14.1. The first-order valence-corrected chi connectivity index (χ1v) is 12.5. The first-order chi connectivity index (χ1) is 18.6. The van der Waals surface area contributed by atoms with E-state index in [2.05, 4.69) is 10.3 Å². The third kappa shape index (κ3) is 6.37. The number of aliphatic imine (C=N–C) groups is 1. The van der Waals surface area contributed by atoms with E-state index >= 15 is 0 Å². The summed E-state index contributed by atoms with van der Waals surface area (Å²) in [5.74, 6) is -5.06. The molecule has 0 spiro atoms. The molecule has 3 atom stereocenters. The number of anilines is 1. The maximum Gasteiger partial charge on any atom is 0.389 e. The number of nitrogens with two attached hydrogens (primary N) is 1. The molecule has 0 bridgehead atoms. The van der Waals surface area contributed by atoms with Crippen molar-refractivity contribution in [1.29, 1.82) is 0 Å². The van der Waals surface area contributed by atoms with E-state index in [1.165, 1.54) is 4.90 Å². The monoisotopic (exact) mass is 548 g/mol. The molecule has 0 unspecified atom stereocenters. The van der Waals surface area contributed by atoms with E-state index in [0.717, 1.165) is 0 Å². The van der Waals surface area contributed by atoms with Crippen LogP contribution in [0.5, 0.6) is 5.75 Å². The lowest BCUT2D eigenvalue weighted by Crippen LogP contribution is -2.52. The average Bonchev–Trinajstić information content (AvgIpc) is 3.02. The molecule has 2 heterocycles. The van der Waals surface area contributed by atoms with E-state index < -0.39 is 61.4 Å². The van der Waals surface area contributed by atoms with Crippen LogP contribution in [-0.2, 0) is 14.4 Å². The number of benzene rings is 2.